The molecule has 6 heteroatoms. The van der Waals surface area contributed by atoms with Crippen molar-refractivity contribution in [2.24, 2.45) is 0 Å². The molecule has 0 radical (unpaired) electrons. The Morgan fingerprint density at radius 2 is 2.07 bits per heavy atom. The molecule has 2 rings (SSSR count). The standard InChI is InChI=1S/C9H7BrClNO2S/c1-15(13,14)7-4-12-9-5(7)2-3-6(11)8(9)10/h2-4,12H,1H3. The van der Waals surface area contributed by atoms with Gasteiger partial charge in [-0.3, -0.25) is 0 Å². The molecule has 0 amide bonds. The fourth-order valence-electron chi connectivity index (χ4n) is 1.42. The van der Waals surface area contributed by atoms with E-state index in [0.717, 1.165) is 0 Å². The summed E-state index contributed by atoms with van der Waals surface area (Å²) in [6.07, 6.45) is 2.65. The van der Waals surface area contributed by atoms with Gasteiger partial charge in [0.2, 0.25) is 0 Å². The SMILES string of the molecule is CS(=O)(=O)c1c[nH]c2c(Br)c(Cl)ccc12. The van der Waals surface area contributed by atoms with Crippen LogP contribution in [0, 0.1) is 0 Å². The lowest BCUT2D eigenvalue weighted by Crippen LogP contribution is -1.94. The molecule has 15 heavy (non-hydrogen) atoms. The molecule has 1 heterocycles. The summed E-state index contributed by atoms with van der Waals surface area (Å²) in [5, 5.41) is 1.19. The van der Waals surface area contributed by atoms with E-state index < -0.39 is 9.84 Å². The molecule has 0 spiro atoms. The minimum atomic E-state index is -3.21. The van der Waals surface area contributed by atoms with E-state index >= 15 is 0 Å². The molecule has 0 saturated heterocycles. The van der Waals surface area contributed by atoms with Crippen LogP contribution in [-0.2, 0) is 9.84 Å². The van der Waals surface area contributed by atoms with E-state index in [0.29, 0.717) is 20.4 Å². The first-order valence-corrected chi connectivity index (χ1v) is 7.12. The first-order valence-electron chi connectivity index (χ1n) is 4.06. The number of hydrogen-bond donors (Lipinski definition) is 1. The number of hydrogen-bond acceptors (Lipinski definition) is 2. The largest absolute Gasteiger partial charge is 0.359 e. The molecule has 0 aliphatic carbocycles. The Hall–Kier alpha value is -0.520. The normalized spacial score (nSPS) is 12.2. The Morgan fingerprint density at radius 3 is 2.67 bits per heavy atom. The van der Waals surface area contributed by atoms with E-state index in [2.05, 4.69) is 20.9 Å². The molecule has 0 aliphatic heterocycles. The summed E-state index contributed by atoms with van der Waals surface area (Å²) in [4.78, 5) is 3.18. The van der Waals surface area contributed by atoms with Crippen LogP contribution in [0.25, 0.3) is 10.9 Å². The van der Waals surface area contributed by atoms with Crippen LogP contribution in [-0.4, -0.2) is 19.7 Å². The van der Waals surface area contributed by atoms with E-state index in [4.69, 9.17) is 11.6 Å². The fraction of sp³-hybridized carbons (Fsp3) is 0.111. The van der Waals surface area contributed by atoms with Crippen LogP contribution >= 0.6 is 27.5 Å². The zero-order valence-corrected chi connectivity index (χ0v) is 10.9. The van der Waals surface area contributed by atoms with Crippen molar-refractivity contribution in [1.29, 1.82) is 0 Å². The summed E-state index contributed by atoms with van der Waals surface area (Å²) in [5.74, 6) is 0. The van der Waals surface area contributed by atoms with Gasteiger partial charge in [-0.1, -0.05) is 11.6 Å². The minimum Gasteiger partial charge on any atom is -0.359 e. The highest BCUT2D eigenvalue weighted by Crippen LogP contribution is 2.33. The molecule has 0 atom stereocenters. The van der Waals surface area contributed by atoms with Gasteiger partial charge in [-0.2, -0.15) is 0 Å². The molecule has 0 aliphatic rings. The first kappa shape index (κ1) is 11.0. The van der Waals surface area contributed by atoms with Crippen LogP contribution in [0.3, 0.4) is 0 Å². The molecule has 1 N–H and O–H groups in total. The third-order valence-electron chi connectivity index (χ3n) is 2.11. The van der Waals surface area contributed by atoms with Gasteiger partial charge in [0, 0.05) is 17.8 Å². The maximum Gasteiger partial charge on any atom is 0.177 e. The lowest BCUT2D eigenvalue weighted by atomic mass is 10.2. The third-order valence-corrected chi connectivity index (χ3v) is 4.61. The zero-order chi connectivity index (χ0) is 11.2. The van der Waals surface area contributed by atoms with Gasteiger partial charge in [0.05, 0.1) is 19.9 Å². The highest BCUT2D eigenvalue weighted by Gasteiger charge is 2.15. The number of fused-ring (bicyclic) bond motifs is 1. The predicted octanol–water partition coefficient (Wildman–Crippen LogP) is 2.99. The summed E-state index contributed by atoms with van der Waals surface area (Å²) in [6, 6.07) is 3.35. The maximum absolute atomic E-state index is 11.4. The topological polar surface area (TPSA) is 49.9 Å². The Bertz CT molecular complexity index is 633. The second-order valence-corrected chi connectivity index (χ2v) is 6.39. The molecule has 3 nitrogen and oxygen atoms in total. The molecule has 80 valence electrons. The van der Waals surface area contributed by atoms with Gasteiger partial charge >= 0.3 is 0 Å². The van der Waals surface area contributed by atoms with Gasteiger partial charge in [0.15, 0.2) is 9.84 Å². The number of nitrogens with one attached hydrogen (secondary N) is 1. The van der Waals surface area contributed by atoms with Crippen molar-refractivity contribution < 1.29 is 8.42 Å². The van der Waals surface area contributed by atoms with Crippen LogP contribution < -0.4 is 0 Å². The van der Waals surface area contributed by atoms with Gasteiger partial charge in [0.25, 0.3) is 0 Å². The summed E-state index contributed by atoms with van der Waals surface area (Å²) in [6.45, 7) is 0. The Labute approximate surface area is 100 Å². The highest BCUT2D eigenvalue weighted by molar-refractivity contribution is 9.10. The number of rotatable bonds is 1. The summed E-state index contributed by atoms with van der Waals surface area (Å²) in [7, 11) is -3.21. The number of H-pyrrole nitrogens is 1. The van der Waals surface area contributed by atoms with Crippen LogP contribution in [0.15, 0.2) is 27.7 Å². The Balaban J connectivity index is 2.90. The quantitative estimate of drug-likeness (QED) is 0.880. The van der Waals surface area contributed by atoms with Gasteiger partial charge in [-0.05, 0) is 28.1 Å². The highest BCUT2D eigenvalue weighted by atomic mass is 79.9. The van der Waals surface area contributed by atoms with Crippen molar-refractivity contribution in [2.45, 2.75) is 4.90 Å². The number of aromatic amines is 1. The van der Waals surface area contributed by atoms with Crippen molar-refractivity contribution in [3.05, 3.63) is 27.8 Å². The summed E-state index contributed by atoms with van der Waals surface area (Å²) >= 11 is 9.20. The van der Waals surface area contributed by atoms with Gasteiger partial charge in [-0.15, -0.1) is 0 Å². The number of halogens is 2. The van der Waals surface area contributed by atoms with Gasteiger partial charge < -0.3 is 4.98 Å². The average Bonchev–Trinajstić information content (AvgIpc) is 2.54. The van der Waals surface area contributed by atoms with Crippen molar-refractivity contribution in [2.75, 3.05) is 6.26 Å². The van der Waals surface area contributed by atoms with Crippen LogP contribution in [0.2, 0.25) is 5.02 Å². The molecule has 0 fully saturated rings. The smallest absolute Gasteiger partial charge is 0.177 e. The second-order valence-electron chi connectivity index (χ2n) is 3.21. The van der Waals surface area contributed by atoms with Gasteiger partial charge in [-0.25, -0.2) is 8.42 Å². The van der Waals surface area contributed by atoms with E-state index in [-0.39, 0.29) is 4.90 Å². The molecule has 0 saturated carbocycles. The lowest BCUT2D eigenvalue weighted by Gasteiger charge is -1.98. The van der Waals surface area contributed by atoms with Gasteiger partial charge in [0.1, 0.15) is 0 Å². The van der Waals surface area contributed by atoms with Crippen LogP contribution in [0.5, 0.6) is 0 Å². The lowest BCUT2D eigenvalue weighted by molar-refractivity contribution is 0.602. The fourth-order valence-corrected chi connectivity index (χ4v) is 2.88. The van der Waals surface area contributed by atoms with E-state index in [1.54, 1.807) is 12.1 Å². The first-order chi connectivity index (χ1) is 6.91. The molecule has 0 bridgehead atoms. The van der Waals surface area contributed by atoms with E-state index in [1.807, 2.05) is 0 Å². The number of aromatic nitrogens is 1. The Morgan fingerprint density at radius 1 is 1.40 bits per heavy atom. The van der Waals surface area contributed by atoms with E-state index in [1.165, 1.54) is 12.5 Å². The van der Waals surface area contributed by atoms with E-state index in [9.17, 15) is 8.42 Å². The molecule has 1 aromatic carbocycles. The Kier molecular flexibility index (Phi) is 2.56. The second kappa shape index (κ2) is 3.50. The number of benzene rings is 1. The molecular formula is C9H7BrClNO2S. The summed E-state index contributed by atoms with van der Waals surface area (Å²) < 4.78 is 23.5. The van der Waals surface area contributed by atoms with Crippen molar-refractivity contribution >= 4 is 48.3 Å². The van der Waals surface area contributed by atoms with Crippen molar-refractivity contribution in [3.8, 4) is 0 Å². The number of sulfone groups is 1. The molecule has 0 unspecified atom stereocenters. The van der Waals surface area contributed by atoms with Crippen molar-refractivity contribution in [3.63, 3.8) is 0 Å². The van der Waals surface area contributed by atoms with Crippen LogP contribution in [0.4, 0.5) is 0 Å². The molecule has 1 aromatic heterocycles. The minimum absolute atomic E-state index is 0.287. The van der Waals surface area contributed by atoms with Crippen LogP contribution in [0.1, 0.15) is 0 Å². The molecule has 2 aromatic rings. The average molecular weight is 309 g/mol. The molecular weight excluding hydrogens is 302 g/mol. The monoisotopic (exact) mass is 307 g/mol. The zero-order valence-electron chi connectivity index (χ0n) is 7.71. The maximum atomic E-state index is 11.4. The third kappa shape index (κ3) is 1.79. The summed E-state index contributed by atoms with van der Waals surface area (Å²) in [5.41, 5.74) is 0.697. The predicted molar refractivity (Wildman–Crippen MR) is 64.1 cm³/mol. The van der Waals surface area contributed by atoms with Crippen molar-refractivity contribution in [1.82, 2.24) is 4.98 Å².